The molecule has 0 N–H and O–H groups in total. The molecular formula is C20H29FN6O2. The Morgan fingerprint density at radius 1 is 1.10 bits per heavy atom. The summed E-state index contributed by atoms with van der Waals surface area (Å²) in [5.74, 6) is 0.333. The number of imidazole rings is 1. The number of fused-ring (bicyclic) bond motifs is 1. The van der Waals surface area contributed by atoms with Crippen LogP contribution in [0, 0.1) is 0 Å². The minimum Gasteiger partial charge on any atom is -0.340 e. The zero-order valence-electron chi connectivity index (χ0n) is 17.8. The molecule has 2 aromatic heterocycles. The highest BCUT2D eigenvalue weighted by Gasteiger charge is 2.25. The number of likely N-dealkylation sites (N-methyl/N-ethyl adjacent to an activating group) is 1. The molecule has 0 amide bonds. The zero-order valence-corrected chi connectivity index (χ0v) is 17.8. The smallest absolute Gasteiger partial charge is 0.332 e. The highest BCUT2D eigenvalue weighted by molar-refractivity contribution is 5.74. The van der Waals surface area contributed by atoms with Crippen LogP contribution in [0.25, 0.3) is 11.2 Å². The van der Waals surface area contributed by atoms with Crippen molar-refractivity contribution in [3.05, 3.63) is 44.4 Å². The average Bonchev–Trinajstić information content (AvgIpc) is 3.09. The molecule has 1 fully saturated rings. The largest absolute Gasteiger partial charge is 0.340 e. The Balaban J connectivity index is 2.24. The number of piperazine rings is 1. The van der Waals surface area contributed by atoms with Gasteiger partial charge in [0, 0.05) is 46.8 Å². The van der Waals surface area contributed by atoms with Crippen molar-refractivity contribution in [3.8, 4) is 0 Å². The van der Waals surface area contributed by atoms with Gasteiger partial charge in [0.05, 0.1) is 0 Å². The second kappa shape index (κ2) is 8.36. The average molecular weight is 404 g/mol. The predicted octanol–water partition coefficient (Wildman–Crippen LogP) is 1.40. The van der Waals surface area contributed by atoms with Gasteiger partial charge in [0.1, 0.15) is 5.83 Å². The van der Waals surface area contributed by atoms with Crippen LogP contribution in [-0.2, 0) is 20.6 Å². The van der Waals surface area contributed by atoms with Crippen LogP contribution in [0.1, 0.15) is 20.3 Å². The number of aromatic nitrogens is 4. The summed E-state index contributed by atoms with van der Waals surface area (Å²) in [6.07, 6.45) is 3.55. The number of rotatable bonds is 5. The summed E-state index contributed by atoms with van der Waals surface area (Å²) in [4.78, 5) is 34.4. The van der Waals surface area contributed by atoms with Gasteiger partial charge in [-0.15, -0.1) is 0 Å². The maximum atomic E-state index is 13.9. The van der Waals surface area contributed by atoms with Crippen molar-refractivity contribution in [1.29, 1.82) is 0 Å². The lowest BCUT2D eigenvalue weighted by atomic mass is 10.1. The SMILES string of the molecule is C/C=C(F)\C=C(/CC)Cn1c(N2CCN(C)CC2)nc2c1c(=O)n(C)c(=O)n2C. The van der Waals surface area contributed by atoms with E-state index < -0.39 is 11.2 Å². The fourth-order valence-corrected chi connectivity index (χ4v) is 3.57. The molecule has 0 spiro atoms. The minimum atomic E-state index is -0.414. The molecule has 3 rings (SSSR count). The molecular weight excluding hydrogens is 375 g/mol. The molecule has 0 atom stereocenters. The number of nitrogens with zero attached hydrogens (tertiary/aromatic N) is 6. The first kappa shape index (κ1) is 21.0. The van der Waals surface area contributed by atoms with Crippen LogP contribution in [0.5, 0.6) is 0 Å². The highest BCUT2D eigenvalue weighted by atomic mass is 19.1. The number of hydrogen-bond acceptors (Lipinski definition) is 5. The third-order valence-corrected chi connectivity index (χ3v) is 5.55. The van der Waals surface area contributed by atoms with E-state index in [9.17, 15) is 14.0 Å². The fourth-order valence-electron chi connectivity index (χ4n) is 3.57. The molecule has 0 aromatic carbocycles. The van der Waals surface area contributed by atoms with Crippen LogP contribution >= 0.6 is 0 Å². The van der Waals surface area contributed by atoms with Gasteiger partial charge < -0.3 is 14.4 Å². The summed E-state index contributed by atoms with van der Waals surface area (Å²) < 4.78 is 18.2. The first-order valence-corrected chi connectivity index (χ1v) is 9.89. The van der Waals surface area contributed by atoms with Crippen molar-refractivity contribution < 1.29 is 4.39 Å². The fraction of sp³-hybridized carbons (Fsp3) is 0.550. The summed E-state index contributed by atoms with van der Waals surface area (Å²) in [6, 6.07) is 0. The maximum absolute atomic E-state index is 13.9. The maximum Gasteiger partial charge on any atom is 0.332 e. The topological polar surface area (TPSA) is 68.3 Å². The minimum absolute atomic E-state index is 0.312. The Morgan fingerprint density at radius 3 is 2.34 bits per heavy atom. The molecule has 158 valence electrons. The van der Waals surface area contributed by atoms with Crippen molar-refractivity contribution in [3.63, 3.8) is 0 Å². The molecule has 0 aliphatic carbocycles. The molecule has 1 aliphatic rings. The Kier molecular flexibility index (Phi) is 6.07. The van der Waals surface area contributed by atoms with Gasteiger partial charge in [-0.05, 0) is 32.0 Å². The molecule has 0 bridgehead atoms. The van der Waals surface area contributed by atoms with E-state index in [2.05, 4.69) is 16.8 Å². The predicted molar refractivity (Wildman–Crippen MR) is 113 cm³/mol. The van der Waals surface area contributed by atoms with Gasteiger partial charge in [0.15, 0.2) is 11.2 Å². The normalized spacial score (nSPS) is 16.8. The summed E-state index contributed by atoms with van der Waals surface area (Å²) >= 11 is 0. The van der Waals surface area contributed by atoms with Crippen LogP contribution in [0.3, 0.4) is 0 Å². The lowest BCUT2D eigenvalue weighted by molar-refractivity contribution is 0.310. The number of halogens is 1. The molecule has 0 radical (unpaired) electrons. The van der Waals surface area contributed by atoms with Gasteiger partial charge in [0.2, 0.25) is 5.95 Å². The van der Waals surface area contributed by atoms with E-state index in [1.807, 2.05) is 11.5 Å². The lowest BCUT2D eigenvalue weighted by Crippen LogP contribution is -2.45. The van der Waals surface area contributed by atoms with E-state index >= 15 is 0 Å². The van der Waals surface area contributed by atoms with Crippen molar-refractivity contribution in [2.24, 2.45) is 14.1 Å². The Morgan fingerprint density at radius 2 is 1.76 bits per heavy atom. The van der Waals surface area contributed by atoms with Gasteiger partial charge in [-0.1, -0.05) is 13.0 Å². The summed E-state index contributed by atoms with van der Waals surface area (Å²) in [5, 5.41) is 0. The van der Waals surface area contributed by atoms with E-state index in [0.29, 0.717) is 30.1 Å². The van der Waals surface area contributed by atoms with Crippen LogP contribution in [0.4, 0.5) is 10.3 Å². The summed E-state index contributed by atoms with van der Waals surface area (Å²) in [7, 11) is 5.15. The number of allylic oxidation sites excluding steroid dienone is 4. The first-order chi connectivity index (χ1) is 13.8. The van der Waals surface area contributed by atoms with E-state index in [0.717, 1.165) is 36.3 Å². The van der Waals surface area contributed by atoms with Crippen LogP contribution in [0.2, 0.25) is 0 Å². The number of hydrogen-bond donors (Lipinski definition) is 0. The third-order valence-electron chi connectivity index (χ3n) is 5.55. The number of anilines is 1. The highest BCUT2D eigenvalue weighted by Crippen LogP contribution is 2.23. The van der Waals surface area contributed by atoms with E-state index in [1.54, 1.807) is 14.0 Å². The number of aryl methyl sites for hydroxylation is 1. The molecule has 9 heteroatoms. The van der Waals surface area contributed by atoms with Gasteiger partial charge in [0.25, 0.3) is 5.56 Å². The lowest BCUT2D eigenvalue weighted by Gasteiger charge is -2.33. The van der Waals surface area contributed by atoms with Crippen LogP contribution < -0.4 is 16.1 Å². The zero-order chi connectivity index (χ0) is 21.3. The van der Waals surface area contributed by atoms with E-state index in [1.165, 1.54) is 23.8 Å². The van der Waals surface area contributed by atoms with Crippen molar-refractivity contribution >= 4 is 17.1 Å². The van der Waals surface area contributed by atoms with Crippen LogP contribution in [-0.4, -0.2) is 56.8 Å². The van der Waals surface area contributed by atoms with Crippen molar-refractivity contribution in [2.75, 3.05) is 38.1 Å². The summed E-state index contributed by atoms with van der Waals surface area (Å²) in [5.41, 5.74) is 0.755. The molecule has 8 nitrogen and oxygen atoms in total. The van der Waals surface area contributed by atoms with Crippen molar-refractivity contribution in [2.45, 2.75) is 26.8 Å². The van der Waals surface area contributed by atoms with Gasteiger partial charge in [-0.2, -0.15) is 4.98 Å². The van der Waals surface area contributed by atoms with Crippen molar-refractivity contribution in [1.82, 2.24) is 23.6 Å². The van der Waals surface area contributed by atoms with E-state index in [-0.39, 0.29) is 5.83 Å². The quantitative estimate of drug-likeness (QED) is 0.705. The van der Waals surface area contributed by atoms with Crippen LogP contribution in [0.15, 0.2) is 33.1 Å². The molecule has 2 aromatic rings. The second-order valence-electron chi connectivity index (χ2n) is 7.50. The van der Waals surface area contributed by atoms with Gasteiger partial charge in [-0.25, -0.2) is 9.18 Å². The third kappa shape index (κ3) is 3.91. The second-order valence-corrected chi connectivity index (χ2v) is 7.50. The molecule has 1 saturated heterocycles. The Labute approximate surface area is 169 Å². The molecule has 0 saturated carbocycles. The monoisotopic (exact) mass is 404 g/mol. The molecule has 0 unspecified atom stereocenters. The molecule has 3 heterocycles. The molecule has 29 heavy (non-hydrogen) atoms. The van der Waals surface area contributed by atoms with E-state index in [4.69, 9.17) is 4.98 Å². The van der Waals surface area contributed by atoms with Gasteiger partial charge >= 0.3 is 5.69 Å². The standard InChI is InChI=1S/C20H29FN6O2/c1-6-14(12-15(21)7-2)13-27-16-17(24(4)20(29)25(5)18(16)28)22-19(27)26-10-8-23(3)9-11-26/h7,12H,6,8-11,13H2,1-5H3/b14-12+,15-7+. The first-order valence-electron chi connectivity index (χ1n) is 9.89. The van der Waals surface area contributed by atoms with Gasteiger partial charge in [-0.3, -0.25) is 13.9 Å². The Bertz CT molecular complexity index is 1080. The molecule has 1 aliphatic heterocycles. The summed E-state index contributed by atoms with van der Waals surface area (Å²) in [6.45, 7) is 7.23. The Hall–Kier alpha value is -2.68.